The maximum absolute atomic E-state index is 5.14. The van der Waals surface area contributed by atoms with Gasteiger partial charge in [0.05, 0.1) is 5.82 Å². The quantitative estimate of drug-likeness (QED) is 0.123. The van der Waals surface area contributed by atoms with Crippen LogP contribution in [-0.2, 0) is 20.1 Å². The maximum Gasteiger partial charge on any atom is 0.0608 e. The van der Waals surface area contributed by atoms with Crippen molar-refractivity contribution in [3.63, 3.8) is 0 Å². The number of imidazole rings is 1. The van der Waals surface area contributed by atoms with Crippen molar-refractivity contribution in [2.45, 2.75) is 53.4 Å². The topological polar surface area (TPSA) is 30.7 Å². The second kappa shape index (κ2) is 16.0. The Bertz CT molecular complexity index is 2360. The molecular weight excluding hydrogens is 811 g/mol. The standard InChI is InChI=1S/C37H35N2.C11H8N.Ir/c1-23(2)34-21-31(27-12-8-7-9-13-27)22-35(24(3)4)36(34)39-26(6)25(5)38-37(39)30-18-19-33-29(20-30)17-16-28-14-10-11-15-32(28)33;1-2-6-10(7-3-1)11-8-4-5-9-12-11;/h7-17,19-24H,1-6H3;1-6,8-9H;/q2*-1;. The van der Waals surface area contributed by atoms with E-state index in [-0.39, 0.29) is 20.1 Å². The molecule has 0 saturated carbocycles. The van der Waals surface area contributed by atoms with E-state index in [0.717, 1.165) is 28.3 Å². The van der Waals surface area contributed by atoms with Gasteiger partial charge in [0.25, 0.3) is 0 Å². The average molecular weight is 854 g/mol. The molecule has 8 rings (SSSR count). The number of hydrogen-bond donors (Lipinski definition) is 0. The molecule has 0 spiro atoms. The Hall–Kier alpha value is -5.15. The van der Waals surface area contributed by atoms with Crippen molar-refractivity contribution >= 4 is 21.5 Å². The van der Waals surface area contributed by atoms with E-state index < -0.39 is 0 Å². The summed E-state index contributed by atoms with van der Waals surface area (Å²) in [5, 5.41) is 4.94. The largest absolute Gasteiger partial charge is 0.337 e. The van der Waals surface area contributed by atoms with Crippen LogP contribution in [-0.4, -0.2) is 14.5 Å². The van der Waals surface area contributed by atoms with Crippen LogP contribution in [0.3, 0.4) is 0 Å². The van der Waals surface area contributed by atoms with Gasteiger partial charge in [0, 0.05) is 43.4 Å². The number of aromatic nitrogens is 3. The summed E-state index contributed by atoms with van der Waals surface area (Å²) in [7, 11) is 0. The van der Waals surface area contributed by atoms with E-state index in [1.165, 1.54) is 55.2 Å². The molecule has 1 radical (unpaired) electrons. The molecule has 0 bridgehead atoms. The number of benzene rings is 6. The Morgan fingerprint density at radius 3 is 1.94 bits per heavy atom. The molecule has 3 nitrogen and oxygen atoms in total. The molecule has 52 heavy (non-hydrogen) atoms. The monoisotopic (exact) mass is 854 g/mol. The second-order valence-electron chi connectivity index (χ2n) is 13.7. The van der Waals surface area contributed by atoms with Gasteiger partial charge in [-0.25, -0.2) is 0 Å². The molecule has 0 aliphatic carbocycles. The molecule has 0 saturated heterocycles. The van der Waals surface area contributed by atoms with Crippen LogP contribution in [0.2, 0.25) is 0 Å². The second-order valence-corrected chi connectivity index (χ2v) is 13.7. The first-order chi connectivity index (χ1) is 24.8. The number of nitrogens with zero attached hydrogens (tertiary/aromatic N) is 3. The number of fused-ring (bicyclic) bond motifs is 3. The minimum atomic E-state index is 0. The summed E-state index contributed by atoms with van der Waals surface area (Å²) < 4.78 is 2.40. The minimum Gasteiger partial charge on any atom is -0.337 e. The molecule has 0 aliphatic rings. The van der Waals surface area contributed by atoms with Crippen molar-refractivity contribution in [3.8, 4) is 39.5 Å². The van der Waals surface area contributed by atoms with E-state index in [2.05, 4.69) is 154 Å². The zero-order chi connectivity index (χ0) is 35.5. The van der Waals surface area contributed by atoms with Crippen LogP contribution in [0.4, 0.5) is 0 Å². The molecule has 0 N–H and O–H groups in total. The maximum atomic E-state index is 5.14. The molecule has 0 aliphatic heterocycles. The molecule has 0 unspecified atom stereocenters. The third-order valence-corrected chi connectivity index (χ3v) is 9.66. The van der Waals surface area contributed by atoms with E-state index in [1.54, 1.807) is 6.20 Å². The number of aryl methyl sites for hydroxylation is 1. The van der Waals surface area contributed by atoms with E-state index in [0.29, 0.717) is 11.8 Å². The van der Waals surface area contributed by atoms with Gasteiger partial charge in [-0.05, 0) is 77.2 Å². The fourth-order valence-electron chi connectivity index (χ4n) is 6.83. The van der Waals surface area contributed by atoms with Crippen molar-refractivity contribution in [3.05, 3.63) is 174 Å². The molecule has 2 heterocycles. The van der Waals surface area contributed by atoms with Gasteiger partial charge in [0.15, 0.2) is 0 Å². The fraction of sp³-hybridized carbons (Fsp3) is 0.167. The Morgan fingerprint density at radius 2 is 1.27 bits per heavy atom. The van der Waals surface area contributed by atoms with E-state index in [4.69, 9.17) is 4.98 Å². The first-order valence-corrected chi connectivity index (χ1v) is 17.8. The molecular formula is C48H43IrN3-2. The molecule has 2 aromatic heterocycles. The van der Waals surface area contributed by atoms with E-state index in [9.17, 15) is 0 Å². The summed E-state index contributed by atoms with van der Waals surface area (Å²) in [5.41, 5.74) is 11.7. The first kappa shape index (κ1) is 36.6. The summed E-state index contributed by atoms with van der Waals surface area (Å²) in [6.07, 6.45) is 1.79. The predicted molar refractivity (Wildman–Crippen MR) is 214 cm³/mol. The Balaban J connectivity index is 0.000000302. The van der Waals surface area contributed by atoms with Crippen molar-refractivity contribution in [2.24, 2.45) is 0 Å². The smallest absolute Gasteiger partial charge is 0.0608 e. The number of hydrogen-bond acceptors (Lipinski definition) is 2. The van der Waals surface area contributed by atoms with Gasteiger partial charge in [0.1, 0.15) is 0 Å². The number of pyridine rings is 1. The van der Waals surface area contributed by atoms with Crippen LogP contribution in [0.5, 0.6) is 0 Å². The Kier molecular flexibility index (Phi) is 11.3. The van der Waals surface area contributed by atoms with Crippen molar-refractivity contribution < 1.29 is 20.1 Å². The van der Waals surface area contributed by atoms with Gasteiger partial charge >= 0.3 is 0 Å². The van der Waals surface area contributed by atoms with Crippen LogP contribution in [0.1, 0.15) is 62.0 Å². The summed E-state index contributed by atoms with van der Waals surface area (Å²) in [6, 6.07) is 53.3. The van der Waals surface area contributed by atoms with Gasteiger partial charge in [-0.1, -0.05) is 117 Å². The molecule has 261 valence electrons. The minimum absolute atomic E-state index is 0. The van der Waals surface area contributed by atoms with E-state index in [1.807, 2.05) is 42.5 Å². The van der Waals surface area contributed by atoms with Gasteiger partial charge in [0.2, 0.25) is 0 Å². The van der Waals surface area contributed by atoms with Crippen LogP contribution in [0.15, 0.2) is 140 Å². The number of rotatable bonds is 6. The van der Waals surface area contributed by atoms with E-state index >= 15 is 0 Å². The molecule has 4 heteroatoms. The molecule has 0 amide bonds. The molecule has 0 fully saturated rings. The Labute approximate surface area is 321 Å². The predicted octanol–water partition coefficient (Wildman–Crippen LogP) is 12.7. The van der Waals surface area contributed by atoms with Crippen molar-refractivity contribution in [1.82, 2.24) is 14.5 Å². The third kappa shape index (κ3) is 7.41. The van der Waals surface area contributed by atoms with Gasteiger partial charge in [-0.2, -0.15) is 0 Å². The zero-order valence-electron chi connectivity index (χ0n) is 30.6. The summed E-state index contributed by atoms with van der Waals surface area (Å²) >= 11 is 0. The summed E-state index contributed by atoms with van der Waals surface area (Å²) in [5.74, 6) is 1.66. The van der Waals surface area contributed by atoms with Gasteiger partial charge in [-0.15, -0.1) is 65.0 Å². The molecule has 6 aromatic carbocycles. The first-order valence-electron chi connectivity index (χ1n) is 17.8. The SMILES string of the molecule is Cc1nc(-c2[c-]cc3c(ccc4ccccc43)c2)n(-c2c(C(C)C)cc(-c3ccccc3)cc2C(C)C)c1C.[Ir].[c-]1ccccc1-c1ccccn1. The van der Waals surface area contributed by atoms with Crippen LogP contribution < -0.4 is 0 Å². The van der Waals surface area contributed by atoms with Crippen LogP contribution in [0.25, 0.3) is 61.0 Å². The van der Waals surface area contributed by atoms with Gasteiger partial charge < -0.3 is 9.55 Å². The fourth-order valence-corrected chi connectivity index (χ4v) is 6.83. The van der Waals surface area contributed by atoms with Crippen LogP contribution >= 0.6 is 0 Å². The summed E-state index contributed by atoms with van der Waals surface area (Å²) in [4.78, 5) is 9.36. The van der Waals surface area contributed by atoms with Gasteiger partial charge in [-0.3, -0.25) is 4.98 Å². The van der Waals surface area contributed by atoms with Crippen LogP contribution in [0, 0.1) is 26.0 Å². The third-order valence-electron chi connectivity index (χ3n) is 9.66. The zero-order valence-corrected chi connectivity index (χ0v) is 33.0. The molecule has 0 atom stereocenters. The average Bonchev–Trinajstić information content (AvgIpc) is 3.47. The summed E-state index contributed by atoms with van der Waals surface area (Å²) in [6.45, 7) is 13.5. The normalized spacial score (nSPS) is 11.1. The molecule has 8 aromatic rings. The Morgan fingerprint density at radius 1 is 0.596 bits per heavy atom. The van der Waals surface area contributed by atoms with Crippen molar-refractivity contribution in [2.75, 3.05) is 0 Å². The van der Waals surface area contributed by atoms with Crippen molar-refractivity contribution in [1.29, 1.82) is 0 Å².